The smallest absolute Gasteiger partial charge is 0.237 e. The Balaban J connectivity index is 1.96. The first kappa shape index (κ1) is 14.3. The molecular weight excluding hydrogens is 262 g/mol. The summed E-state index contributed by atoms with van der Waals surface area (Å²) in [6, 6.07) is 0.449. The minimum Gasteiger partial charge on any atom is -0.368 e. The van der Waals surface area contributed by atoms with Crippen molar-refractivity contribution in [3.63, 3.8) is 0 Å². The highest BCUT2D eigenvalue weighted by molar-refractivity contribution is 7.99. The van der Waals surface area contributed by atoms with E-state index in [1.165, 1.54) is 6.33 Å². The van der Waals surface area contributed by atoms with Crippen LogP contribution in [0.25, 0.3) is 0 Å². The van der Waals surface area contributed by atoms with E-state index in [0.29, 0.717) is 12.5 Å². The highest BCUT2D eigenvalue weighted by atomic mass is 32.2. The number of carbonyl (C=O) groups is 1. The number of carbonyl (C=O) groups excluding carboxylic acids is 1. The molecule has 1 aliphatic carbocycles. The third-order valence-electron chi connectivity index (χ3n) is 3.32. The Labute approximate surface area is 117 Å². The minimum atomic E-state index is -0.647. The summed E-state index contributed by atoms with van der Waals surface area (Å²) in [5.74, 6) is -0.287. The lowest BCUT2D eigenvalue weighted by Gasteiger charge is -2.30. The van der Waals surface area contributed by atoms with Crippen LogP contribution in [0.3, 0.4) is 0 Å². The second-order valence-electron chi connectivity index (χ2n) is 5.41. The summed E-state index contributed by atoms with van der Waals surface area (Å²) < 4.78 is 1.73. The van der Waals surface area contributed by atoms with Crippen molar-refractivity contribution in [1.82, 2.24) is 20.1 Å². The number of nitrogens with zero attached hydrogens (tertiary/aromatic N) is 3. The maximum atomic E-state index is 11.7. The molecule has 0 saturated heterocycles. The number of aryl methyl sites for hydroxylation is 1. The molecule has 19 heavy (non-hydrogen) atoms. The van der Waals surface area contributed by atoms with E-state index in [0.717, 1.165) is 18.0 Å². The maximum Gasteiger partial charge on any atom is 0.237 e. The van der Waals surface area contributed by atoms with Crippen LogP contribution in [-0.4, -0.2) is 37.5 Å². The fraction of sp³-hybridized carbons (Fsp3) is 0.750. The van der Waals surface area contributed by atoms with Crippen molar-refractivity contribution >= 4 is 17.7 Å². The van der Waals surface area contributed by atoms with Gasteiger partial charge in [0.05, 0.1) is 5.54 Å². The summed E-state index contributed by atoms with van der Waals surface area (Å²) >= 11 is 1.61. The van der Waals surface area contributed by atoms with Gasteiger partial charge in [-0.05, 0) is 26.2 Å². The number of primary amides is 1. The van der Waals surface area contributed by atoms with E-state index in [1.54, 1.807) is 16.4 Å². The van der Waals surface area contributed by atoms with Gasteiger partial charge in [-0.3, -0.25) is 4.79 Å². The van der Waals surface area contributed by atoms with Crippen molar-refractivity contribution in [3.8, 4) is 0 Å². The van der Waals surface area contributed by atoms with Gasteiger partial charge in [-0.15, -0.1) is 0 Å². The zero-order chi connectivity index (χ0) is 14.0. The van der Waals surface area contributed by atoms with Crippen LogP contribution in [0.2, 0.25) is 0 Å². The van der Waals surface area contributed by atoms with Gasteiger partial charge in [-0.1, -0.05) is 18.7 Å². The molecule has 2 rings (SSSR count). The third-order valence-corrected chi connectivity index (χ3v) is 4.47. The van der Waals surface area contributed by atoms with Gasteiger partial charge in [0.25, 0.3) is 0 Å². The van der Waals surface area contributed by atoms with Gasteiger partial charge in [-0.2, -0.15) is 5.10 Å². The van der Waals surface area contributed by atoms with Crippen molar-refractivity contribution < 1.29 is 4.79 Å². The van der Waals surface area contributed by atoms with Crippen molar-refractivity contribution in [2.24, 2.45) is 12.8 Å². The van der Waals surface area contributed by atoms with E-state index in [2.05, 4.69) is 22.3 Å². The second kappa shape index (κ2) is 5.50. The van der Waals surface area contributed by atoms with Crippen LogP contribution in [0.5, 0.6) is 0 Å². The molecule has 0 aliphatic heterocycles. The van der Waals surface area contributed by atoms with Crippen molar-refractivity contribution in [2.75, 3.05) is 0 Å². The lowest BCUT2D eigenvalue weighted by atomic mass is 9.95. The fourth-order valence-corrected chi connectivity index (χ4v) is 3.18. The number of thioether (sulfide) groups is 1. The van der Waals surface area contributed by atoms with E-state index < -0.39 is 5.54 Å². The Morgan fingerprint density at radius 1 is 1.74 bits per heavy atom. The highest BCUT2D eigenvalue weighted by Gasteiger charge is 2.38. The second-order valence-corrected chi connectivity index (χ2v) is 6.82. The first-order valence-electron chi connectivity index (χ1n) is 6.49. The monoisotopic (exact) mass is 283 g/mol. The van der Waals surface area contributed by atoms with Crippen LogP contribution < -0.4 is 11.1 Å². The number of rotatable bonds is 7. The van der Waals surface area contributed by atoms with Gasteiger partial charge in [0.2, 0.25) is 5.91 Å². The standard InChI is InChI=1S/C12H21N5OS/c1-8(19-11-14-7-15-17(11)3)6-12(2,10(13)18)16-9-4-5-9/h7-9,16H,4-6H2,1-3H3,(H2,13,18). The Hall–Kier alpha value is -1.08. The van der Waals surface area contributed by atoms with E-state index >= 15 is 0 Å². The summed E-state index contributed by atoms with van der Waals surface area (Å²) in [6.45, 7) is 3.97. The van der Waals surface area contributed by atoms with Gasteiger partial charge in [0.15, 0.2) is 5.16 Å². The molecule has 7 heteroatoms. The number of amides is 1. The van der Waals surface area contributed by atoms with Gasteiger partial charge in [0, 0.05) is 18.3 Å². The quantitative estimate of drug-likeness (QED) is 0.719. The topological polar surface area (TPSA) is 85.8 Å². The average molecular weight is 283 g/mol. The molecule has 0 spiro atoms. The molecule has 3 N–H and O–H groups in total. The van der Waals surface area contributed by atoms with E-state index in [9.17, 15) is 4.79 Å². The lowest BCUT2D eigenvalue weighted by molar-refractivity contribution is -0.124. The van der Waals surface area contributed by atoms with Gasteiger partial charge in [-0.25, -0.2) is 9.67 Å². The molecule has 6 nitrogen and oxygen atoms in total. The number of hydrogen-bond acceptors (Lipinski definition) is 5. The molecule has 1 aliphatic rings. The summed E-state index contributed by atoms with van der Waals surface area (Å²) in [4.78, 5) is 15.9. The van der Waals surface area contributed by atoms with Crippen molar-refractivity contribution in [2.45, 2.75) is 55.1 Å². The molecule has 1 fully saturated rings. The SMILES string of the molecule is CC(CC(C)(NC1CC1)C(N)=O)Sc1ncnn1C. The number of aromatic nitrogens is 3. The molecule has 106 valence electrons. The molecule has 2 unspecified atom stereocenters. The average Bonchev–Trinajstić information content (AvgIpc) is 3.02. The first-order valence-corrected chi connectivity index (χ1v) is 7.37. The number of nitrogens with two attached hydrogens (primary N) is 1. The zero-order valence-corrected chi connectivity index (χ0v) is 12.4. The van der Waals surface area contributed by atoms with Crippen LogP contribution in [0, 0.1) is 0 Å². The van der Waals surface area contributed by atoms with Crippen LogP contribution in [0.4, 0.5) is 0 Å². The van der Waals surface area contributed by atoms with Crippen LogP contribution >= 0.6 is 11.8 Å². The predicted molar refractivity (Wildman–Crippen MR) is 74.7 cm³/mol. The molecule has 1 heterocycles. The Morgan fingerprint density at radius 3 is 2.89 bits per heavy atom. The molecule has 1 saturated carbocycles. The molecule has 1 aromatic rings. The van der Waals surface area contributed by atoms with Gasteiger partial charge >= 0.3 is 0 Å². The molecule has 0 aromatic carbocycles. The molecule has 1 aromatic heterocycles. The van der Waals surface area contributed by atoms with Gasteiger partial charge < -0.3 is 11.1 Å². The summed E-state index contributed by atoms with van der Waals surface area (Å²) in [5, 5.41) is 8.48. The normalized spacial score (nSPS) is 19.9. The summed E-state index contributed by atoms with van der Waals surface area (Å²) in [5.41, 5.74) is 4.91. The van der Waals surface area contributed by atoms with Crippen LogP contribution in [0.15, 0.2) is 11.5 Å². The number of hydrogen-bond donors (Lipinski definition) is 2. The highest BCUT2D eigenvalue weighted by Crippen LogP contribution is 2.30. The predicted octanol–water partition coefficient (Wildman–Crippen LogP) is 0.682. The van der Waals surface area contributed by atoms with Gasteiger partial charge in [0.1, 0.15) is 6.33 Å². The largest absolute Gasteiger partial charge is 0.368 e. The van der Waals surface area contributed by atoms with Crippen LogP contribution in [-0.2, 0) is 11.8 Å². The molecular formula is C12H21N5OS. The Kier molecular flexibility index (Phi) is 4.15. The summed E-state index contributed by atoms with van der Waals surface area (Å²) in [6.07, 6.45) is 4.47. The molecule has 0 bridgehead atoms. The molecule has 1 amide bonds. The van der Waals surface area contributed by atoms with Crippen molar-refractivity contribution in [3.05, 3.63) is 6.33 Å². The van der Waals surface area contributed by atoms with E-state index in [1.807, 2.05) is 14.0 Å². The summed E-state index contributed by atoms with van der Waals surface area (Å²) in [7, 11) is 1.86. The minimum absolute atomic E-state index is 0.228. The Morgan fingerprint density at radius 2 is 2.42 bits per heavy atom. The van der Waals surface area contributed by atoms with E-state index in [4.69, 9.17) is 5.73 Å². The van der Waals surface area contributed by atoms with E-state index in [-0.39, 0.29) is 11.2 Å². The molecule has 0 radical (unpaired) electrons. The van der Waals surface area contributed by atoms with Crippen LogP contribution in [0.1, 0.15) is 33.1 Å². The van der Waals surface area contributed by atoms with Crippen molar-refractivity contribution in [1.29, 1.82) is 0 Å². The fourth-order valence-electron chi connectivity index (χ4n) is 2.10. The lowest BCUT2D eigenvalue weighted by Crippen LogP contribution is -2.55. The maximum absolute atomic E-state index is 11.7. The Bertz CT molecular complexity index is 459. The first-order chi connectivity index (χ1) is 8.90. The zero-order valence-electron chi connectivity index (χ0n) is 11.6. The number of nitrogens with one attached hydrogen (secondary N) is 1. The third kappa shape index (κ3) is 3.70. The molecule has 2 atom stereocenters.